The van der Waals surface area contributed by atoms with E-state index in [1.807, 2.05) is 29.7 Å². The standard InChI is InChI=1S/C22H22N4O3/c1-5-8-20-14(2)23-22-21(11-7-12-26(20)22)29-13-17-18(24-15(3)27)9-6-10-19(17)25-16(4)28/h1,6-7,9-12H,8,13H2,2-4H3,(H,24,27)(H,25,28). The predicted molar refractivity (Wildman–Crippen MR) is 112 cm³/mol. The average Bonchev–Trinajstić information content (AvgIpc) is 2.97. The third-order valence-corrected chi connectivity index (χ3v) is 4.35. The Morgan fingerprint density at radius 2 is 1.79 bits per heavy atom. The number of carbonyl (C=O) groups is 2. The van der Waals surface area contributed by atoms with Crippen molar-refractivity contribution in [1.82, 2.24) is 9.38 Å². The Hall–Kier alpha value is -3.79. The second kappa shape index (κ2) is 8.48. The molecule has 0 unspecified atom stereocenters. The van der Waals surface area contributed by atoms with Crippen LogP contribution in [-0.4, -0.2) is 21.2 Å². The van der Waals surface area contributed by atoms with Gasteiger partial charge in [-0.05, 0) is 31.2 Å². The predicted octanol–water partition coefficient (Wildman–Crippen LogP) is 3.31. The number of carbonyl (C=O) groups excluding carboxylic acids is 2. The van der Waals surface area contributed by atoms with Crippen molar-refractivity contribution in [3.05, 3.63) is 53.5 Å². The van der Waals surface area contributed by atoms with Gasteiger partial charge in [-0.2, -0.15) is 0 Å². The van der Waals surface area contributed by atoms with Crippen LogP contribution < -0.4 is 15.4 Å². The minimum absolute atomic E-state index is 0.127. The van der Waals surface area contributed by atoms with E-state index < -0.39 is 0 Å². The molecule has 3 rings (SSSR count). The molecule has 0 aliphatic carbocycles. The SMILES string of the molecule is C#CCc1c(C)nc2c(OCc3c(NC(C)=O)cccc3NC(C)=O)cccn12. The Morgan fingerprint density at radius 1 is 1.14 bits per heavy atom. The zero-order valence-corrected chi connectivity index (χ0v) is 16.6. The number of benzene rings is 1. The van der Waals surface area contributed by atoms with Crippen LogP contribution in [0, 0.1) is 19.3 Å². The lowest BCUT2D eigenvalue weighted by molar-refractivity contribution is -0.115. The smallest absolute Gasteiger partial charge is 0.221 e. The minimum Gasteiger partial charge on any atom is -0.485 e. The molecular weight excluding hydrogens is 368 g/mol. The second-order valence-corrected chi connectivity index (χ2v) is 6.57. The highest BCUT2D eigenvalue weighted by molar-refractivity contribution is 5.94. The van der Waals surface area contributed by atoms with E-state index in [0.29, 0.717) is 34.8 Å². The number of nitrogens with one attached hydrogen (secondary N) is 2. The number of anilines is 2. The Balaban J connectivity index is 1.97. The number of pyridine rings is 1. The lowest BCUT2D eigenvalue weighted by atomic mass is 10.1. The van der Waals surface area contributed by atoms with E-state index in [0.717, 1.165) is 11.4 Å². The molecule has 0 saturated heterocycles. The van der Waals surface area contributed by atoms with Crippen LogP contribution in [-0.2, 0) is 22.6 Å². The van der Waals surface area contributed by atoms with Crippen molar-refractivity contribution in [2.24, 2.45) is 0 Å². The summed E-state index contributed by atoms with van der Waals surface area (Å²) in [7, 11) is 0. The zero-order valence-electron chi connectivity index (χ0n) is 16.6. The molecule has 2 aromatic heterocycles. The maximum atomic E-state index is 11.6. The van der Waals surface area contributed by atoms with Crippen molar-refractivity contribution in [3.63, 3.8) is 0 Å². The van der Waals surface area contributed by atoms with Gasteiger partial charge in [0.15, 0.2) is 11.4 Å². The summed E-state index contributed by atoms with van der Waals surface area (Å²) in [5.41, 5.74) is 4.24. The van der Waals surface area contributed by atoms with Gasteiger partial charge in [0.05, 0.1) is 17.8 Å². The van der Waals surface area contributed by atoms with E-state index in [1.54, 1.807) is 18.2 Å². The first-order valence-corrected chi connectivity index (χ1v) is 9.10. The van der Waals surface area contributed by atoms with E-state index in [-0.39, 0.29) is 18.4 Å². The molecule has 0 bridgehead atoms. The summed E-state index contributed by atoms with van der Waals surface area (Å²) in [6.07, 6.45) is 7.83. The fraction of sp³-hybridized carbons (Fsp3) is 0.227. The fourth-order valence-electron chi connectivity index (χ4n) is 3.13. The first kappa shape index (κ1) is 20.0. The highest BCUT2D eigenvalue weighted by atomic mass is 16.5. The van der Waals surface area contributed by atoms with E-state index in [2.05, 4.69) is 21.5 Å². The normalized spacial score (nSPS) is 10.4. The van der Waals surface area contributed by atoms with Gasteiger partial charge < -0.3 is 15.4 Å². The molecule has 0 fully saturated rings. The number of ether oxygens (including phenoxy) is 1. The molecule has 148 valence electrons. The van der Waals surface area contributed by atoms with E-state index in [1.165, 1.54) is 13.8 Å². The molecule has 0 radical (unpaired) electrons. The van der Waals surface area contributed by atoms with Gasteiger partial charge in [-0.25, -0.2) is 4.98 Å². The molecule has 29 heavy (non-hydrogen) atoms. The number of nitrogens with zero attached hydrogens (tertiary/aromatic N) is 2. The van der Waals surface area contributed by atoms with Gasteiger partial charge in [-0.3, -0.25) is 14.0 Å². The molecule has 7 heteroatoms. The van der Waals surface area contributed by atoms with Gasteiger partial charge in [0, 0.05) is 37.0 Å². The summed E-state index contributed by atoms with van der Waals surface area (Å²) >= 11 is 0. The number of amides is 2. The molecule has 2 N–H and O–H groups in total. The largest absolute Gasteiger partial charge is 0.485 e. The molecule has 0 spiro atoms. The van der Waals surface area contributed by atoms with Gasteiger partial charge in [0.1, 0.15) is 6.61 Å². The molecule has 0 saturated carbocycles. The van der Waals surface area contributed by atoms with Crippen LogP contribution in [0.5, 0.6) is 5.75 Å². The maximum Gasteiger partial charge on any atom is 0.221 e. The van der Waals surface area contributed by atoms with Crippen LogP contribution in [0.25, 0.3) is 5.65 Å². The number of terminal acetylenes is 1. The van der Waals surface area contributed by atoms with E-state index in [4.69, 9.17) is 11.2 Å². The fourth-order valence-corrected chi connectivity index (χ4v) is 3.13. The van der Waals surface area contributed by atoms with Crippen LogP contribution in [0.1, 0.15) is 30.8 Å². The zero-order chi connectivity index (χ0) is 21.0. The van der Waals surface area contributed by atoms with Crippen LogP contribution in [0.15, 0.2) is 36.5 Å². The van der Waals surface area contributed by atoms with Gasteiger partial charge in [-0.15, -0.1) is 12.3 Å². The summed E-state index contributed by atoms with van der Waals surface area (Å²) in [5.74, 6) is 2.80. The van der Waals surface area contributed by atoms with Crippen LogP contribution in [0.4, 0.5) is 11.4 Å². The van der Waals surface area contributed by atoms with E-state index >= 15 is 0 Å². The topological polar surface area (TPSA) is 84.7 Å². The number of hydrogen-bond donors (Lipinski definition) is 2. The Kier molecular flexibility index (Phi) is 5.84. The molecule has 3 aromatic rings. The number of imidazole rings is 1. The summed E-state index contributed by atoms with van der Waals surface area (Å²) in [6, 6.07) is 8.95. The average molecular weight is 390 g/mol. The van der Waals surface area contributed by atoms with E-state index in [9.17, 15) is 9.59 Å². The van der Waals surface area contributed by atoms with Crippen molar-refractivity contribution >= 4 is 28.8 Å². The first-order chi connectivity index (χ1) is 13.9. The molecule has 0 aliphatic heterocycles. The van der Waals surface area contributed by atoms with Gasteiger partial charge in [0.2, 0.25) is 11.8 Å². The van der Waals surface area contributed by atoms with Crippen molar-refractivity contribution < 1.29 is 14.3 Å². The lowest BCUT2D eigenvalue weighted by Gasteiger charge is -2.16. The molecule has 2 amide bonds. The number of rotatable bonds is 6. The van der Waals surface area contributed by atoms with Crippen LogP contribution in [0.3, 0.4) is 0 Å². The molecular formula is C22H22N4O3. The lowest BCUT2D eigenvalue weighted by Crippen LogP contribution is -2.14. The minimum atomic E-state index is -0.212. The first-order valence-electron chi connectivity index (χ1n) is 9.10. The van der Waals surface area contributed by atoms with Crippen LogP contribution in [0.2, 0.25) is 0 Å². The monoisotopic (exact) mass is 390 g/mol. The summed E-state index contributed by atoms with van der Waals surface area (Å²) in [4.78, 5) is 27.8. The third-order valence-electron chi connectivity index (χ3n) is 4.35. The van der Waals surface area contributed by atoms with Gasteiger partial charge in [-0.1, -0.05) is 6.07 Å². The number of fused-ring (bicyclic) bond motifs is 1. The molecule has 1 aromatic carbocycles. The van der Waals surface area contributed by atoms with Crippen molar-refractivity contribution in [3.8, 4) is 18.1 Å². The second-order valence-electron chi connectivity index (χ2n) is 6.57. The van der Waals surface area contributed by atoms with Crippen molar-refractivity contribution in [2.75, 3.05) is 10.6 Å². The summed E-state index contributed by atoms with van der Waals surface area (Å²) in [5, 5.41) is 5.55. The van der Waals surface area contributed by atoms with Gasteiger partial charge in [0.25, 0.3) is 0 Å². The number of hydrogen-bond acceptors (Lipinski definition) is 4. The highest BCUT2D eigenvalue weighted by Crippen LogP contribution is 2.28. The number of aromatic nitrogens is 2. The Labute approximate surface area is 169 Å². The Morgan fingerprint density at radius 3 is 2.38 bits per heavy atom. The Bertz CT molecular complexity index is 1090. The van der Waals surface area contributed by atoms with Crippen LogP contribution >= 0.6 is 0 Å². The summed E-state index contributed by atoms with van der Waals surface area (Å²) in [6.45, 7) is 4.89. The highest BCUT2D eigenvalue weighted by Gasteiger charge is 2.15. The van der Waals surface area contributed by atoms with Crippen molar-refractivity contribution in [1.29, 1.82) is 0 Å². The van der Waals surface area contributed by atoms with Gasteiger partial charge >= 0.3 is 0 Å². The third kappa shape index (κ3) is 4.38. The summed E-state index contributed by atoms with van der Waals surface area (Å²) < 4.78 is 7.97. The maximum absolute atomic E-state index is 11.6. The molecule has 2 heterocycles. The quantitative estimate of drug-likeness (QED) is 0.633. The number of aryl methyl sites for hydroxylation is 1. The van der Waals surface area contributed by atoms with Crippen molar-refractivity contribution in [2.45, 2.75) is 33.8 Å². The molecule has 0 aliphatic rings. The molecule has 0 atom stereocenters. The molecule has 7 nitrogen and oxygen atoms in total.